The van der Waals surface area contributed by atoms with Crippen LogP contribution in [0.15, 0.2) is 78.9 Å². The molecule has 0 bridgehead atoms. The second-order valence-electron chi connectivity index (χ2n) is 7.95. The van der Waals surface area contributed by atoms with Gasteiger partial charge < -0.3 is 20.7 Å². The lowest BCUT2D eigenvalue weighted by Crippen LogP contribution is -2.27. The number of carbonyl (C=O) groups is 2. The molecule has 3 N–H and O–H groups in total. The van der Waals surface area contributed by atoms with Crippen molar-refractivity contribution in [2.24, 2.45) is 0 Å². The summed E-state index contributed by atoms with van der Waals surface area (Å²) in [6, 6.07) is 24.1. The van der Waals surface area contributed by atoms with Gasteiger partial charge >= 0.3 is 0 Å². The number of ether oxygens (including phenoxy) is 1. The summed E-state index contributed by atoms with van der Waals surface area (Å²) in [5.41, 5.74) is 2.88. The van der Waals surface area contributed by atoms with E-state index in [-0.39, 0.29) is 30.5 Å². The van der Waals surface area contributed by atoms with Gasteiger partial charge in [0.2, 0.25) is 5.91 Å². The molecule has 0 saturated heterocycles. The fourth-order valence-electron chi connectivity index (χ4n) is 3.23. The lowest BCUT2D eigenvalue weighted by molar-refractivity contribution is -0.114. The van der Waals surface area contributed by atoms with Crippen LogP contribution in [0.5, 0.6) is 5.75 Å². The van der Waals surface area contributed by atoms with E-state index < -0.39 is 0 Å². The van der Waals surface area contributed by atoms with E-state index in [0.717, 1.165) is 23.4 Å². The number of amides is 2. The van der Waals surface area contributed by atoms with Crippen LogP contribution in [0.2, 0.25) is 0 Å². The van der Waals surface area contributed by atoms with Gasteiger partial charge in [0.25, 0.3) is 5.91 Å². The third-order valence-corrected chi connectivity index (χ3v) is 5.25. The summed E-state index contributed by atoms with van der Waals surface area (Å²) in [5.74, 6) is 0.357. The topological polar surface area (TPSA) is 79.5 Å². The Labute approximate surface area is 195 Å². The van der Waals surface area contributed by atoms with Gasteiger partial charge in [0, 0.05) is 23.0 Å². The number of hydrogen-bond donors (Lipinski definition) is 3. The summed E-state index contributed by atoms with van der Waals surface area (Å²) in [7, 11) is 0. The van der Waals surface area contributed by atoms with E-state index in [1.807, 2.05) is 68.4 Å². The second-order valence-corrected chi connectivity index (χ2v) is 7.95. The quantitative estimate of drug-likeness (QED) is 0.390. The van der Waals surface area contributed by atoms with Crippen LogP contribution in [0.1, 0.15) is 49.2 Å². The van der Waals surface area contributed by atoms with Crippen LogP contribution in [0.3, 0.4) is 0 Å². The molecule has 0 heterocycles. The Morgan fingerprint density at radius 2 is 1.61 bits per heavy atom. The fourth-order valence-corrected chi connectivity index (χ4v) is 3.23. The molecule has 2 amide bonds. The van der Waals surface area contributed by atoms with Crippen LogP contribution in [-0.4, -0.2) is 24.5 Å². The molecule has 2 atom stereocenters. The third-order valence-electron chi connectivity index (χ3n) is 5.25. The molecular weight excluding hydrogens is 414 g/mol. The predicted octanol–water partition coefficient (Wildman–Crippen LogP) is 5.41. The molecule has 0 fully saturated rings. The SMILES string of the molecule is CCC(C)Oc1cccc(NCC(=O)Nc2cccc(C(=O)NC(C)c3ccccc3)c2)c1. The maximum Gasteiger partial charge on any atom is 0.251 e. The Balaban J connectivity index is 1.54. The lowest BCUT2D eigenvalue weighted by atomic mass is 10.1. The fraction of sp³-hybridized carbons (Fsp3) is 0.259. The van der Waals surface area contributed by atoms with Crippen LogP contribution in [0, 0.1) is 0 Å². The highest BCUT2D eigenvalue weighted by atomic mass is 16.5. The van der Waals surface area contributed by atoms with Gasteiger partial charge in [-0.05, 0) is 56.2 Å². The highest BCUT2D eigenvalue weighted by Gasteiger charge is 2.12. The molecule has 6 nitrogen and oxygen atoms in total. The maximum atomic E-state index is 12.7. The van der Waals surface area contributed by atoms with Crippen LogP contribution < -0.4 is 20.7 Å². The normalized spacial score (nSPS) is 12.3. The van der Waals surface area contributed by atoms with Crippen molar-refractivity contribution < 1.29 is 14.3 Å². The first kappa shape index (κ1) is 23.9. The maximum absolute atomic E-state index is 12.7. The summed E-state index contributed by atoms with van der Waals surface area (Å²) in [5, 5.41) is 8.93. The minimum absolute atomic E-state index is 0.0915. The number of benzene rings is 3. The van der Waals surface area contributed by atoms with Gasteiger partial charge in [-0.15, -0.1) is 0 Å². The molecule has 0 spiro atoms. The average Bonchev–Trinajstić information content (AvgIpc) is 2.83. The van der Waals surface area contributed by atoms with E-state index in [4.69, 9.17) is 4.74 Å². The van der Waals surface area contributed by atoms with Crippen LogP contribution in [0.4, 0.5) is 11.4 Å². The summed E-state index contributed by atoms with van der Waals surface area (Å²) in [6.45, 7) is 6.12. The van der Waals surface area contributed by atoms with Gasteiger partial charge in [0.05, 0.1) is 18.7 Å². The van der Waals surface area contributed by atoms with E-state index in [1.165, 1.54) is 0 Å². The molecule has 3 aromatic carbocycles. The molecule has 0 radical (unpaired) electrons. The van der Waals surface area contributed by atoms with Gasteiger partial charge in [-0.1, -0.05) is 49.4 Å². The Morgan fingerprint density at radius 3 is 2.36 bits per heavy atom. The second kappa shape index (κ2) is 11.7. The van der Waals surface area contributed by atoms with Crippen LogP contribution >= 0.6 is 0 Å². The number of rotatable bonds is 10. The first-order valence-electron chi connectivity index (χ1n) is 11.2. The zero-order valence-electron chi connectivity index (χ0n) is 19.3. The third kappa shape index (κ3) is 7.38. The Morgan fingerprint density at radius 1 is 0.879 bits per heavy atom. The molecule has 33 heavy (non-hydrogen) atoms. The van der Waals surface area contributed by atoms with Crippen LogP contribution in [-0.2, 0) is 4.79 Å². The average molecular weight is 446 g/mol. The van der Waals surface area contributed by atoms with Crippen LogP contribution in [0.25, 0.3) is 0 Å². The number of carbonyl (C=O) groups excluding carboxylic acids is 2. The van der Waals surface area contributed by atoms with Crippen molar-refractivity contribution in [3.63, 3.8) is 0 Å². The summed E-state index contributed by atoms with van der Waals surface area (Å²) >= 11 is 0. The predicted molar refractivity (Wildman–Crippen MR) is 133 cm³/mol. The Bertz CT molecular complexity index is 1070. The van der Waals surface area contributed by atoms with Gasteiger partial charge in [-0.3, -0.25) is 9.59 Å². The smallest absolute Gasteiger partial charge is 0.251 e. The Kier molecular flexibility index (Phi) is 8.47. The van der Waals surface area contributed by atoms with E-state index in [0.29, 0.717) is 11.3 Å². The zero-order valence-corrected chi connectivity index (χ0v) is 19.3. The standard InChI is InChI=1S/C27H31N3O3/c1-4-19(2)33-25-15-9-13-23(17-25)28-18-26(31)30-24-14-8-12-22(16-24)27(32)29-20(3)21-10-6-5-7-11-21/h5-17,19-20,28H,4,18H2,1-3H3,(H,29,32)(H,30,31). The summed E-state index contributed by atoms with van der Waals surface area (Å²) in [6.07, 6.45) is 1.05. The first-order chi connectivity index (χ1) is 15.9. The van der Waals surface area contributed by atoms with Gasteiger partial charge in [-0.2, -0.15) is 0 Å². The molecule has 0 aliphatic heterocycles. The minimum Gasteiger partial charge on any atom is -0.491 e. The zero-order chi connectivity index (χ0) is 23.6. The van der Waals surface area contributed by atoms with E-state index in [1.54, 1.807) is 24.3 Å². The molecular formula is C27H31N3O3. The Hall–Kier alpha value is -3.80. The summed E-state index contributed by atoms with van der Waals surface area (Å²) in [4.78, 5) is 25.1. The van der Waals surface area contributed by atoms with Crippen molar-refractivity contribution in [3.05, 3.63) is 90.0 Å². The van der Waals surface area contributed by atoms with Crippen molar-refractivity contribution >= 4 is 23.2 Å². The van der Waals surface area contributed by atoms with Crippen molar-refractivity contribution in [2.45, 2.75) is 39.3 Å². The van der Waals surface area contributed by atoms with E-state index >= 15 is 0 Å². The summed E-state index contributed by atoms with van der Waals surface area (Å²) < 4.78 is 5.82. The molecule has 0 aliphatic carbocycles. The molecule has 3 aromatic rings. The molecule has 6 heteroatoms. The van der Waals surface area contributed by atoms with Crippen molar-refractivity contribution in [3.8, 4) is 5.75 Å². The molecule has 0 aromatic heterocycles. The molecule has 2 unspecified atom stereocenters. The monoisotopic (exact) mass is 445 g/mol. The number of nitrogens with one attached hydrogen (secondary N) is 3. The molecule has 0 saturated carbocycles. The van der Waals surface area contributed by atoms with Crippen molar-refractivity contribution in [1.82, 2.24) is 5.32 Å². The first-order valence-corrected chi connectivity index (χ1v) is 11.2. The van der Waals surface area contributed by atoms with Crippen molar-refractivity contribution in [2.75, 3.05) is 17.2 Å². The largest absolute Gasteiger partial charge is 0.491 e. The van der Waals surface area contributed by atoms with Gasteiger partial charge in [-0.25, -0.2) is 0 Å². The minimum atomic E-state index is -0.210. The molecule has 172 valence electrons. The number of anilines is 2. The van der Waals surface area contributed by atoms with Crippen molar-refractivity contribution in [1.29, 1.82) is 0 Å². The molecule has 3 rings (SSSR count). The lowest BCUT2D eigenvalue weighted by Gasteiger charge is -2.15. The highest BCUT2D eigenvalue weighted by Crippen LogP contribution is 2.19. The molecule has 0 aliphatic rings. The van der Waals surface area contributed by atoms with Gasteiger partial charge in [0.1, 0.15) is 5.75 Å². The number of hydrogen-bond acceptors (Lipinski definition) is 4. The van der Waals surface area contributed by atoms with E-state index in [9.17, 15) is 9.59 Å². The highest BCUT2D eigenvalue weighted by molar-refractivity contribution is 5.98. The van der Waals surface area contributed by atoms with Gasteiger partial charge in [0.15, 0.2) is 0 Å². The van der Waals surface area contributed by atoms with E-state index in [2.05, 4.69) is 22.9 Å².